The first kappa shape index (κ1) is 14.6. The average Bonchev–Trinajstić information content (AvgIpc) is 2.80. The number of hydrogen-bond acceptors (Lipinski definition) is 2. The van der Waals surface area contributed by atoms with Crippen LogP contribution in [0.5, 0.6) is 0 Å². The van der Waals surface area contributed by atoms with Crippen molar-refractivity contribution in [2.75, 3.05) is 19.8 Å². The summed E-state index contributed by atoms with van der Waals surface area (Å²) < 4.78 is 0. The van der Waals surface area contributed by atoms with Gasteiger partial charge >= 0.3 is 0 Å². The van der Waals surface area contributed by atoms with Crippen LogP contribution in [0.3, 0.4) is 0 Å². The normalized spacial score (nSPS) is 15.4. The van der Waals surface area contributed by atoms with E-state index in [1.165, 1.54) is 16.3 Å². The molecule has 2 nitrogen and oxygen atoms in total. The monoisotopic (exact) mass is 320 g/mol. The van der Waals surface area contributed by atoms with E-state index >= 15 is 0 Å². The van der Waals surface area contributed by atoms with Crippen molar-refractivity contribution in [3.63, 3.8) is 0 Å². The Kier molecular flexibility index (Phi) is 4.27. The molecule has 0 atom stereocenters. The summed E-state index contributed by atoms with van der Waals surface area (Å²) in [7, 11) is 0. The molecule has 0 spiro atoms. The summed E-state index contributed by atoms with van der Waals surface area (Å²) in [6.07, 6.45) is 0.961. The number of halogens is 2. The van der Waals surface area contributed by atoms with Gasteiger partial charge in [-0.25, -0.2) is 0 Å². The molecule has 0 fully saturated rings. The highest BCUT2D eigenvalue weighted by Crippen LogP contribution is 2.29. The summed E-state index contributed by atoms with van der Waals surface area (Å²) in [5.41, 5.74) is 1.32. The third-order valence-electron chi connectivity index (χ3n) is 3.93. The predicted octanol–water partition coefficient (Wildman–Crippen LogP) is 4.58. The van der Waals surface area contributed by atoms with E-state index in [2.05, 4.69) is 59.2 Å². The lowest BCUT2D eigenvalue weighted by Gasteiger charge is -2.21. The predicted molar refractivity (Wildman–Crippen MR) is 90.3 cm³/mol. The van der Waals surface area contributed by atoms with Crippen LogP contribution in [0.1, 0.15) is 12.5 Å². The highest BCUT2D eigenvalue weighted by Gasteiger charge is 2.24. The summed E-state index contributed by atoms with van der Waals surface area (Å²) in [6, 6.07) is 15.0. The van der Waals surface area contributed by atoms with E-state index in [9.17, 15) is 0 Å². The molecule has 1 aliphatic rings. The second-order valence-electron chi connectivity index (χ2n) is 5.27. The molecule has 4 heteroatoms. The maximum Gasteiger partial charge on any atom is 0.141 e. The third-order valence-corrected chi connectivity index (χ3v) is 4.87. The quantitative estimate of drug-likeness (QED) is 0.761. The molecule has 110 valence electrons. The van der Waals surface area contributed by atoms with Gasteiger partial charge in [0.25, 0.3) is 0 Å². The maximum atomic E-state index is 6.30. The highest BCUT2D eigenvalue weighted by atomic mass is 35.5. The van der Waals surface area contributed by atoms with E-state index in [0.717, 1.165) is 26.2 Å². The molecule has 0 aliphatic carbocycles. The van der Waals surface area contributed by atoms with Gasteiger partial charge in [-0.1, -0.05) is 65.7 Å². The molecule has 2 aromatic rings. The number of fused-ring (bicyclic) bond motifs is 1. The highest BCUT2D eigenvalue weighted by molar-refractivity contribution is 6.38. The maximum absolute atomic E-state index is 6.30. The van der Waals surface area contributed by atoms with E-state index in [1.807, 2.05) is 0 Å². The summed E-state index contributed by atoms with van der Waals surface area (Å²) in [5.74, 6) is 0. The van der Waals surface area contributed by atoms with Gasteiger partial charge in [0, 0.05) is 13.1 Å². The molecule has 0 aromatic heterocycles. The van der Waals surface area contributed by atoms with Crippen molar-refractivity contribution >= 4 is 34.0 Å². The molecule has 0 N–H and O–H groups in total. The summed E-state index contributed by atoms with van der Waals surface area (Å²) in [4.78, 5) is 4.20. The van der Waals surface area contributed by atoms with Crippen molar-refractivity contribution in [2.45, 2.75) is 13.3 Å². The van der Waals surface area contributed by atoms with Crippen LogP contribution in [-0.2, 0) is 6.42 Å². The second-order valence-corrected chi connectivity index (χ2v) is 5.99. The fourth-order valence-corrected chi connectivity index (χ4v) is 3.21. The van der Waals surface area contributed by atoms with Gasteiger partial charge in [0.1, 0.15) is 10.3 Å². The summed E-state index contributed by atoms with van der Waals surface area (Å²) >= 11 is 12.5. The zero-order valence-corrected chi connectivity index (χ0v) is 13.5. The Balaban J connectivity index is 1.70. The molecule has 0 saturated heterocycles. The molecule has 0 amide bonds. The third kappa shape index (κ3) is 2.97. The Bertz CT molecular complexity index is 681. The minimum absolute atomic E-state index is 0.665. The molecular weight excluding hydrogens is 303 g/mol. The van der Waals surface area contributed by atoms with Crippen molar-refractivity contribution in [1.82, 2.24) is 9.80 Å². The zero-order valence-electron chi connectivity index (χ0n) is 12.0. The van der Waals surface area contributed by atoms with E-state index in [0.29, 0.717) is 10.3 Å². The smallest absolute Gasteiger partial charge is 0.141 e. The number of benzene rings is 2. The van der Waals surface area contributed by atoms with Crippen LogP contribution in [-0.4, -0.2) is 29.6 Å². The van der Waals surface area contributed by atoms with Gasteiger partial charge in [-0.2, -0.15) is 0 Å². The van der Waals surface area contributed by atoms with Gasteiger partial charge in [-0.3, -0.25) is 0 Å². The minimum Gasteiger partial charge on any atom is -0.342 e. The van der Waals surface area contributed by atoms with Crippen LogP contribution < -0.4 is 0 Å². The van der Waals surface area contributed by atoms with Crippen LogP contribution >= 0.6 is 23.2 Å². The van der Waals surface area contributed by atoms with Crippen LogP contribution in [0.25, 0.3) is 10.8 Å². The van der Waals surface area contributed by atoms with E-state index < -0.39 is 0 Å². The standard InChI is InChI=1S/C17H18Cl2N2/c1-2-20-12-21(17(19)16(20)18)10-9-13-7-8-14-5-3-4-6-15(14)11-13/h3-8,11H,2,9-10,12H2,1H3. The van der Waals surface area contributed by atoms with Gasteiger partial charge in [0.15, 0.2) is 0 Å². The van der Waals surface area contributed by atoms with Crippen molar-refractivity contribution in [3.05, 3.63) is 58.3 Å². The van der Waals surface area contributed by atoms with Crippen LogP contribution in [0.2, 0.25) is 0 Å². The van der Waals surface area contributed by atoms with E-state index in [-0.39, 0.29) is 0 Å². The Hall–Kier alpha value is -1.38. The Labute approximate surface area is 135 Å². The lowest BCUT2D eigenvalue weighted by Crippen LogP contribution is -2.28. The lowest BCUT2D eigenvalue weighted by atomic mass is 10.1. The number of rotatable bonds is 4. The zero-order chi connectivity index (χ0) is 14.8. The SMILES string of the molecule is CCN1CN(CCc2ccc3ccccc3c2)C(Cl)=C1Cl. The molecule has 1 aliphatic heterocycles. The van der Waals surface area contributed by atoms with Crippen LogP contribution in [0, 0.1) is 0 Å². The fraction of sp³-hybridized carbons (Fsp3) is 0.294. The van der Waals surface area contributed by atoms with Crippen molar-refractivity contribution in [1.29, 1.82) is 0 Å². The Morgan fingerprint density at radius 1 is 0.952 bits per heavy atom. The summed E-state index contributed by atoms with van der Waals surface area (Å²) in [6.45, 7) is 4.62. The Morgan fingerprint density at radius 2 is 1.67 bits per heavy atom. The fourth-order valence-electron chi connectivity index (χ4n) is 2.66. The van der Waals surface area contributed by atoms with Gasteiger partial charge in [-0.05, 0) is 29.7 Å². The minimum atomic E-state index is 0.665. The molecule has 0 bridgehead atoms. The molecule has 1 heterocycles. The van der Waals surface area contributed by atoms with Crippen molar-refractivity contribution in [3.8, 4) is 0 Å². The average molecular weight is 321 g/mol. The van der Waals surface area contributed by atoms with E-state index in [4.69, 9.17) is 23.2 Å². The van der Waals surface area contributed by atoms with E-state index in [1.54, 1.807) is 0 Å². The molecule has 3 rings (SSSR count). The topological polar surface area (TPSA) is 6.48 Å². The van der Waals surface area contributed by atoms with Crippen LogP contribution in [0.4, 0.5) is 0 Å². The molecular formula is C17H18Cl2N2. The van der Waals surface area contributed by atoms with Gasteiger partial charge < -0.3 is 9.80 Å². The van der Waals surface area contributed by atoms with Crippen molar-refractivity contribution < 1.29 is 0 Å². The first-order chi connectivity index (χ1) is 10.2. The lowest BCUT2D eigenvalue weighted by molar-refractivity contribution is 0.268. The first-order valence-electron chi connectivity index (χ1n) is 7.22. The molecule has 0 radical (unpaired) electrons. The second kappa shape index (κ2) is 6.17. The molecule has 2 aromatic carbocycles. The van der Waals surface area contributed by atoms with Gasteiger partial charge in [0.2, 0.25) is 0 Å². The largest absolute Gasteiger partial charge is 0.342 e. The molecule has 0 unspecified atom stereocenters. The Morgan fingerprint density at radius 3 is 2.38 bits per heavy atom. The molecule has 0 saturated carbocycles. The molecule has 21 heavy (non-hydrogen) atoms. The van der Waals surface area contributed by atoms with Crippen molar-refractivity contribution in [2.24, 2.45) is 0 Å². The first-order valence-corrected chi connectivity index (χ1v) is 7.97. The van der Waals surface area contributed by atoms with Gasteiger partial charge in [-0.15, -0.1) is 0 Å². The van der Waals surface area contributed by atoms with Crippen LogP contribution in [0.15, 0.2) is 52.8 Å². The van der Waals surface area contributed by atoms with Gasteiger partial charge in [0.05, 0.1) is 6.67 Å². The number of hydrogen-bond donors (Lipinski definition) is 0. The summed E-state index contributed by atoms with van der Waals surface area (Å²) in [5, 5.41) is 3.89. The number of nitrogens with zero attached hydrogens (tertiary/aromatic N) is 2.